The number of pyridine rings is 1. The molecule has 0 saturated heterocycles. The van der Waals surface area contributed by atoms with E-state index in [1.54, 1.807) is 0 Å². The van der Waals surface area contributed by atoms with Gasteiger partial charge in [0.2, 0.25) is 0 Å². The third kappa shape index (κ3) is 3.58. The summed E-state index contributed by atoms with van der Waals surface area (Å²) in [5.74, 6) is 0. The lowest BCUT2D eigenvalue weighted by molar-refractivity contribution is 0.128. The Balaban J connectivity index is 1.98. The molecule has 0 radical (unpaired) electrons. The highest BCUT2D eigenvalue weighted by Crippen LogP contribution is 2.21. The molecule has 0 spiro atoms. The van der Waals surface area contributed by atoms with Crippen LogP contribution in [0.5, 0.6) is 0 Å². The van der Waals surface area contributed by atoms with Crippen molar-refractivity contribution in [1.29, 1.82) is 0 Å². The summed E-state index contributed by atoms with van der Waals surface area (Å²) in [5.41, 5.74) is 3.46. The number of nitrogens with zero attached hydrogens (tertiary/aromatic N) is 2. The molecule has 0 aliphatic rings. The summed E-state index contributed by atoms with van der Waals surface area (Å²) < 4.78 is 2.13. The van der Waals surface area contributed by atoms with Gasteiger partial charge in [-0.25, -0.2) is 4.98 Å². The molecule has 2 rings (SSSR count). The fourth-order valence-electron chi connectivity index (χ4n) is 2.73. The lowest BCUT2D eigenvalue weighted by atomic mass is 9.87. The first-order chi connectivity index (χ1) is 9.39. The standard InChI is InChI=1S/C16H25N3O/c1-12-6-5-7-19-14(10-18-15(12)19)9-17-11-16(3,4)8-13(2)20/h5-7,10,13,17,20H,8-9,11H2,1-4H3. The number of rotatable bonds is 6. The summed E-state index contributed by atoms with van der Waals surface area (Å²) >= 11 is 0. The lowest BCUT2D eigenvalue weighted by Gasteiger charge is -2.26. The number of hydrogen-bond donors (Lipinski definition) is 2. The Hall–Kier alpha value is -1.39. The maximum atomic E-state index is 9.50. The Morgan fingerprint density at radius 2 is 2.20 bits per heavy atom. The van der Waals surface area contributed by atoms with E-state index in [4.69, 9.17) is 0 Å². The van der Waals surface area contributed by atoms with Gasteiger partial charge < -0.3 is 14.8 Å². The molecule has 0 saturated carbocycles. The summed E-state index contributed by atoms with van der Waals surface area (Å²) in [6, 6.07) is 4.12. The van der Waals surface area contributed by atoms with Crippen molar-refractivity contribution in [3.05, 3.63) is 35.8 Å². The van der Waals surface area contributed by atoms with E-state index >= 15 is 0 Å². The van der Waals surface area contributed by atoms with E-state index in [1.807, 2.05) is 25.4 Å². The first kappa shape index (κ1) is 15.0. The van der Waals surface area contributed by atoms with Gasteiger partial charge in [0.15, 0.2) is 0 Å². The first-order valence-electron chi connectivity index (χ1n) is 7.19. The third-order valence-electron chi connectivity index (χ3n) is 3.57. The number of hydrogen-bond acceptors (Lipinski definition) is 3. The van der Waals surface area contributed by atoms with Crippen molar-refractivity contribution in [1.82, 2.24) is 14.7 Å². The van der Waals surface area contributed by atoms with Crippen LogP contribution in [0.4, 0.5) is 0 Å². The number of aliphatic hydroxyl groups excluding tert-OH is 1. The van der Waals surface area contributed by atoms with E-state index in [2.05, 4.69) is 41.5 Å². The molecule has 1 unspecified atom stereocenters. The molecule has 0 bridgehead atoms. The Kier molecular flexibility index (Phi) is 4.45. The van der Waals surface area contributed by atoms with Crippen molar-refractivity contribution < 1.29 is 5.11 Å². The van der Waals surface area contributed by atoms with Crippen LogP contribution in [-0.4, -0.2) is 27.1 Å². The molecule has 20 heavy (non-hydrogen) atoms. The van der Waals surface area contributed by atoms with Gasteiger partial charge in [0, 0.05) is 19.3 Å². The van der Waals surface area contributed by atoms with Crippen molar-refractivity contribution in [2.75, 3.05) is 6.54 Å². The Morgan fingerprint density at radius 1 is 1.45 bits per heavy atom. The van der Waals surface area contributed by atoms with E-state index < -0.39 is 0 Å². The second-order valence-corrected chi connectivity index (χ2v) is 6.46. The molecule has 2 aromatic rings. The van der Waals surface area contributed by atoms with Crippen LogP contribution in [0.3, 0.4) is 0 Å². The molecule has 0 aromatic carbocycles. The van der Waals surface area contributed by atoms with Crippen LogP contribution in [0.25, 0.3) is 5.65 Å². The summed E-state index contributed by atoms with van der Waals surface area (Å²) in [5, 5.41) is 13.0. The highest BCUT2D eigenvalue weighted by atomic mass is 16.3. The van der Waals surface area contributed by atoms with Crippen molar-refractivity contribution in [2.45, 2.75) is 46.8 Å². The largest absolute Gasteiger partial charge is 0.393 e. The second-order valence-electron chi connectivity index (χ2n) is 6.46. The van der Waals surface area contributed by atoms with Crippen LogP contribution < -0.4 is 5.32 Å². The van der Waals surface area contributed by atoms with Crippen LogP contribution in [0.1, 0.15) is 38.4 Å². The monoisotopic (exact) mass is 275 g/mol. The van der Waals surface area contributed by atoms with Gasteiger partial charge in [0.1, 0.15) is 5.65 Å². The third-order valence-corrected chi connectivity index (χ3v) is 3.57. The van der Waals surface area contributed by atoms with Gasteiger partial charge in [-0.3, -0.25) is 0 Å². The Bertz CT molecular complexity index is 572. The average Bonchev–Trinajstić information content (AvgIpc) is 2.72. The van der Waals surface area contributed by atoms with Gasteiger partial charge in [-0.1, -0.05) is 19.9 Å². The van der Waals surface area contributed by atoms with Gasteiger partial charge in [-0.05, 0) is 37.3 Å². The SMILES string of the molecule is Cc1cccn2c(CNCC(C)(C)CC(C)O)cnc12. The van der Waals surface area contributed by atoms with Crippen molar-refractivity contribution >= 4 is 5.65 Å². The summed E-state index contributed by atoms with van der Waals surface area (Å²) in [4.78, 5) is 4.46. The molecule has 0 fully saturated rings. The number of aromatic nitrogens is 2. The summed E-state index contributed by atoms with van der Waals surface area (Å²) in [6.45, 7) is 9.92. The minimum absolute atomic E-state index is 0.0879. The molecule has 4 nitrogen and oxygen atoms in total. The topological polar surface area (TPSA) is 49.6 Å². The van der Waals surface area contributed by atoms with Gasteiger partial charge in [-0.15, -0.1) is 0 Å². The average molecular weight is 275 g/mol. The van der Waals surface area contributed by atoms with Crippen LogP contribution in [-0.2, 0) is 6.54 Å². The number of aryl methyl sites for hydroxylation is 1. The number of fused-ring (bicyclic) bond motifs is 1. The molecule has 4 heteroatoms. The minimum Gasteiger partial charge on any atom is -0.393 e. The molecule has 1 atom stereocenters. The normalized spacial score (nSPS) is 13.8. The Morgan fingerprint density at radius 3 is 2.90 bits per heavy atom. The van der Waals surface area contributed by atoms with Crippen LogP contribution in [0.15, 0.2) is 24.5 Å². The summed E-state index contributed by atoms with van der Waals surface area (Å²) in [7, 11) is 0. The first-order valence-corrected chi connectivity index (χ1v) is 7.19. The van der Waals surface area contributed by atoms with Gasteiger partial charge in [0.05, 0.1) is 18.0 Å². The maximum absolute atomic E-state index is 9.50. The van der Waals surface area contributed by atoms with Gasteiger partial charge in [-0.2, -0.15) is 0 Å². The van der Waals surface area contributed by atoms with Gasteiger partial charge >= 0.3 is 0 Å². The molecule has 110 valence electrons. The second kappa shape index (κ2) is 5.94. The smallest absolute Gasteiger partial charge is 0.139 e. The predicted octanol–water partition coefficient (Wildman–Crippen LogP) is 2.53. The van der Waals surface area contributed by atoms with Crippen molar-refractivity contribution in [3.63, 3.8) is 0 Å². The Labute approximate surface area is 120 Å². The molecule has 2 aromatic heterocycles. The molecule has 0 amide bonds. The van der Waals surface area contributed by atoms with Crippen LogP contribution in [0.2, 0.25) is 0 Å². The number of imidazole rings is 1. The zero-order valence-electron chi connectivity index (χ0n) is 12.8. The molecule has 0 aliphatic carbocycles. The predicted molar refractivity (Wildman–Crippen MR) is 81.7 cm³/mol. The molecular weight excluding hydrogens is 250 g/mol. The van der Waals surface area contributed by atoms with Crippen LogP contribution >= 0.6 is 0 Å². The molecule has 2 heterocycles. The van der Waals surface area contributed by atoms with E-state index in [0.717, 1.165) is 30.9 Å². The van der Waals surface area contributed by atoms with Crippen molar-refractivity contribution in [2.24, 2.45) is 5.41 Å². The molecular formula is C16H25N3O. The number of nitrogens with one attached hydrogen (secondary N) is 1. The fourth-order valence-corrected chi connectivity index (χ4v) is 2.73. The summed E-state index contributed by atoms with van der Waals surface area (Å²) in [6.07, 6.45) is 4.52. The maximum Gasteiger partial charge on any atom is 0.139 e. The van der Waals surface area contributed by atoms with E-state index in [0.29, 0.717) is 0 Å². The molecule has 0 aliphatic heterocycles. The van der Waals surface area contributed by atoms with Crippen molar-refractivity contribution in [3.8, 4) is 0 Å². The van der Waals surface area contributed by atoms with Gasteiger partial charge in [0.25, 0.3) is 0 Å². The zero-order chi connectivity index (χ0) is 14.8. The van der Waals surface area contributed by atoms with E-state index in [-0.39, 0.29) is 11.5 Å². The lowest BCUT2D eigenvalue weighted by Crippen LogP contribution is -2.31. The highest BCUT2D eigenvalue weighted by Gasteiger charge is 2.19. The minimum atomic E-state index is -0.259. The molecule has 2 N–H and O–H groups in total. The number of aliphatic hydroxyl groups is 1. The van der Waals surface area contributed by atoms with E-state index in [1.165, 1.54) is 5.56 Å². The van der Waals surface area contributed by atoms with E-state index in [9.17, 15) is 5.11 Å². The zero-order valence-corrected chi connectivity index (χ0v) is 12.8. The fraction of sp³-hybridized carbons (Fsp3) is 0.562. The van der Waals surface area contributed by atoms with Crippen LogP contribution in [0, 0.1) is 12.3 Å². The highest BCUT2D eigenvalue weighted by molar-refractivity contribution is 5.48. The quantitative estimate of drug-likeness (QED) is 0.851.